The van der Waals surface area contributed by atoms with E-state index in [2.05, 4.69) is 15.4 Å². The van der Waals surface area contributed by atoms with Gasteiger partial charge in [-0.3, -0.25) is 4.79 Å². The first-order valence-electron chi connectivity index (χ1n) is 5.92. The van der Waals surface area contributed by atoms with E-state index in [0.29, 0.717) is 11.7 Å². The first-order chi connectivity index (χ1) is 8.26. The third-order valence-corrected chi connectivity index (χ3v) is 3.46. The Bertz CT molecular complexity index is 389. The van der Waals surface area contributed by atoms with Crippen LogP contribution in [0.1, 0.15) is 31.6 Å². The molecule has 1 N–H and O–H groups in total. The lowest BCUT2D eigenvalue weighted by Gasteiger charge is -2.17. The fourth-order valence-electron chi connectivity index (χ4n) is 1.93. The molecule has 17 heavy (non-hydrogen) atoms. The van der Waals surface area contributed by atoms with E-state index in [9.17, 15) is 4.79 Å². The Morgan fingerprint density at radius 3 is 3.06 bits per heavy atom. The van der Waals surface area contributed by atoms with Crippen LogP contribution >= 0.6 is 11.8 Å². The molecule has 0 bridgehead atoms. The Hall–Kier alpha value is -1.04. The van der Waals surface area contributed by atoms with Gasteiger partial charge in [0.1, 0.15) is 12.2 Å². The van der Waals surface area contributed by atoms with Crippen molar-refractivity contribution in [3.63, 3.8) is 0 Å². The Morgan fingerprint density at radius 1 is 1.71 bits per heavy atom. The summed E-state index contributed by atoms with van der Waals surface area (Å²) in [6.45, 7) is 2.82. The maximum Gasteiger partial charge on any atom is 0.230 e. The van der Waals surface area contributed by atoms with Crippen LogP contribution in [-0.2, 0) is 11.3 Å². The van der Waals surface area contributed by atoms with Crippen molar-refractivity contribution in [3.8, 4) is 0 Å². The Morgan fingerprint density at radius 2 is 2.47 bits per heavy atom. The summed E-state index contributed by atoms with van der Waals surface area (Å²) in [5.41, 5.74) is 0. The van der Waals surface area contributed by atoms with Gasteiger partial charge in [0.05, 0.1) is 11.8 Å². The zero-order valence-corrected chi connectivity index (χ0v) is 11.0. The smallest absolute Gasteiger partial charge is 0.230 e. The fourth-order valence-corrected chi connectivity index (χ4v) is 2.27. The van der Waals surface area contributed by atoms with Gasteiger partial charge in [0.25, 0.3) is 0 Å². The molecule has 1 saturated carbocycles. The van der Waals surface area contributed by atoms with Crippen molar-refractivity contribution in [2.75, 3.05) is 12.0 Å². The Balaban J connectivity index is 2.09. The van der Waals surface area contributed by atoms with E-state index in [1.54, 1.807) is 6.33 Å². The first-order valence-corrected chi connectivity index (χ1v) is 7.31. The normalized spacial score (nSPS) is 16.8. The number of aryl methyl sites for hydroxylation is 1. The average Bonchev–Trinajstić information content (AvgIpc) is 3.04. The van der Waals surface area contributed by atoms with Crippen LogP contribution in [-0.4, -0.2) is 32.7 Å². The second kappa shape index (κ2) is 5.53. The minimum absolute atomic E-state index is 0.0390. The van der Waals surface area contributed by atoms with Crippen LogP contribution in [0.3, 0.4) is 0 Å². The average molecular weight is 254 g/mol. The molecule has 1 aromatic heterocycles. The number of amides is 1. The van der Waals surface area contributed by atoms with E-state index in [1.807, 2.05) is 17.9 Å². The SMILES string of the molecule is CCn1ncnc1[C@H](NC(=O)CSC)C1CC1. The highest BCUT2D eigenvalue weighted by Gasteiger charge is 2.36. The quantitative estimate of drug-likeness (QED) is 0.829. The van der Waals surface area contributed by atoms with Crippen LogP contribution in [0.15, 0.2) is 6.33 Å². The number of hydrogen-bond acceptors (Lipinski definition) is 4. The van der Waals surface area contributed by atoms with Crippen LogP contribution in [0.4, 0.5) is 0 Å². The van der Waals surface area contributed by atoms with Gasteiger partial charge in [0.15, 0.2) is 0 Å². The summed E-state index contributed by atoms with van der Waals surface area (Å²) < 4.78 is 1.86. The van der Waals surface area contributed by atoms with E-state index in [-0.39, 0.29) is 11.9 Å². The van der Waals surface area contributed by atoms with Gasteiger partial charge in [0.2, 0.25) is 5.91 Å². The highest BCUT2D eigenvalue weighted by Crippen LogP contribution is 2.40. The maximum atomic E-state index is 11.7. The third-order valence-electron chi connectivity index (χ3n) is 2.91. The number of rotatable bonds is 6. The van der Waals surface area contributed by atoms with Crippen molar-refractivity contribution in [2.45, 2.75) is 32.4 Å². The number of nitrogens with one attached hydrogen (secondary N) is 1. The van der Waals surface area contributed by atoms with E-state index in [1.165, 1.54) is 24.6 Å². The standard InChI is InChI=1S/C11H18N4OS/c1-3-15-11(12-7-13-15)10(8-4-5-8)14-9(16)6-17-2/h7-8,10H,3-6H2,1-2H3,(H,14,16)/t10-/m1/s1. The zero-order valence-electron chi connectivity index (χ0n) is 10.2. The van der Waals surface area contributed by atoms with E-state index < -0.39 is 0 Å². The number of nitrogens with zero attached hydrogens (tertiary/aromatic N) is 3. The van der Waals surface area contributed by atoms with Crippen LogP contribution < -0.4 is 5.32 Å². The van der Waals surface area contributed by atoms with E-state index >= 15 is 0 Å². The predicted octanol–water partition coefficient (Wildman–Crippen LogP) is 1.23. The molecular weight excluding hydrogens is 236 g/mol. The second-order valence-corrected chi connectivity index (χ2v) is 5.12. The number of aromatic nitrogens is 3. The highest BCUT2D eigenvalue weighted by molar-refractivity contribution is 7.99. The lowest BCUT2D eigenvalue weighted by Crippen LogP contribution is -2.33. The molecule has 1 amide bonds. The molecule has 1 atom stereocenters. The van der Waals surface area contributed by atoms with E-state index in [0.717, 1.165) is 12.4 Å². The lowest BCUT2D eigenvalue weighted by molar-refractivity contribution is -0.119. The summed E-state index contributed by atoms with van der Waals surface area (Å²) in [5, 5.41) is 7.24. The number of carbonyl (C=O) groups excluding carboxylic acids is 1. The molecule has 0 spiro atoms. The number of hydrogen-bond donors (Lipinski definition) is 1. The van der Waals surface area contributed by atoms with Gasteiger partial charge in [-0.1, -0.05) is 0 Å². The van der Waals surface area contributed by atoms with Gasteiger partial charge in [0, 0.05) is 6.54 Å². The van der Waals surface area contributed by atoms with Gasteiger partial charge in [-0.15, -0.1) is 0 Å². The van der Waals surface area contributed by atoms with E-state index in [4.69, 9.17) is 0 Å². The van der Waals surface area contributed by atoms with Crippen molar-refractivity contribution < 1.29 is 4.79 Å². The maximum absolute atomic E-state index is 11.7. The van der Waals surface area contributed by atoms with Gasteiger partial charge < -0.3 is 5.32 Å². The van der Waals surface area contributed by atoms with Gasteiger partial charge in [-0.05, 0) is 31.9 Å². The molecule has 1 heterocycles. The number of carbonyl (C=O) groups is 1. The minimum atomic E-state index is 0.0390. The van der Waals surface area contributed by atoms with Crippen molar-refractivity contribution >= 4 is 17.7 Å². The van der Waals surface area contributed by atoms with Crippen LogP contribution in [0, 0.1) is 5.92 Å². The third kappa shape index (κ3) is 3.00. The van der Waals surface area contributed by atoms with Gasteiger partial charge >= 0.3 is 0 Å². The molecule has 1 aliphatic carbocycles. The Kier molecular flexibility index (Phi) is 4.04. The molecule has 0 radical (unpaired) electrons. The topological polar surface area (TPSA) is 59.8 Å². The molecule has 1 aliphatic rings. The van der Waals surface area contributed by atoms with Gasteiger partial charge in [-0.2, -0.15) is 16.9 Å². The first kappa shape index (κ1) is 12.4. The summed E-state index contributed by atoms with van der Waals surface area (Å²) >= 11 is 1.54. The summed E-state index contributed by atoms with van der Waals surface area (Å²) in [6.07, 6.45) is 5.83. The molecule has 1 aromatic rings. The van der Waals surface area contributed by atoms with Crippen molar-refractivity contribution in [1.82, 2.24) is 20.1 Å². The van der Waals surface area contributed by atoms with Crippen molar-refractivity contribution in [2.24, 2.45) is 5.92 Å². The Labute approximate surface area is 105 Å². The lowest BCUT2D eigenvalue weighted by atomic mass is 10.1. The molecule has 6 heteroatoms. The molecule has 1 fully saturated rings. The highest BCUT2D eigenvalue weighted by atomic mass is 32.2. The van der Waals surface area contributed by atoms with Gasteiger partial charge in [-0.25, -0.2) is 9.67 Å². The molecule has 0 aliphatic heterocycles. The summed E-state index contributed by atoms with van der Waals surface area (Å²) in [6, 6.07) is 0.0390. The minimum Gasteiger partial charge on any atom is -0.345 e. The van der Waals surface area contributed by atoms with Crippen LogP contribution in [0.2, 0.25) is 0 Å². The number of thioether (sulfide) groups is 1. The summed E-state index contributed by atoms with van der Waals surface area (Å²) in [5.74, 6) is 2.02. The summed E-state index contributed by atoms with van der Waals surface area (Å²) in [7, 11) is 0. The van der Waals surface area contributed by atoms with Crippen LogP contribution in [0.5, 0.6) is 0 Å². The molecule has 0 unspecified atom stereocenters. The monoisotopic (exact) mass is 254 g/mol. The zero-order chi connectivity index (χ0) is 12.3. The second-order valence-electron chi connectivity index (χ2n) is 4.25. The fraction of sp³-hybridized carbons (Fsp3) is 0.727. The molecule has 5 nitrogen and oxygen atoms in total. The van der Waals surface area contributed by atoms with Crippen molar-refractivity contribution in [1.29, 1.82) is 0 Å². The molecular formula is C11H18N4OS. The van der Waals surface area contributed by atoms with Crippen LogP contribution in [0.25, 0.3) is 0 Å². The molecule has 2 rings (SSSR count). The molecule has 0 saturated heterocycles. The molecule has 94 valence electrons. The predicted molar refractivity (Wildman–Crippen MR) is 67.7 cm³/mol. The largest absolute Gasteiger partial charge is 0.345 e. The molecule has 0 aromatic carbocycles. The summed E-state index contributed by atoms with van der Waals surface area (Å²) in [4.78, 5) is 16.0. The van der Waals surface area contributed by atoms with Crippen molar-refractivity contribution in [3.05, 3.63) is 12.2 Å².